The number of halogens is 4. The van der Waals surface area contributed by atoms with Gasteiger partial charge in [0.15, 0.2) is 11.6 Å². The maximum atomic E-state index is 13.9. The Kier molecular flexibility index (Phi) is 8.30. The normalized spacial score (nSPS) is 16.1. The quantitative estimate of drug-likeness (QED) is 0.355. The second kappa shape index (κ2) is 10.8. The average molecular weight is 562 g/mol. The lowest BCUT2D eigenvalue weighted by molar-refractivity contribution is -0.257. The molecule has 0 radical (unpaired) electrons. The van der Waals surface area contributed by atoms with Crippen LogP contribution in [0.15, 0.2) is 41.3 Å². The van der Waals surface area contributed by atoms with Crippen molar-refractivity contribution in [3.05, 3.63) is 53.3 Å². The van der Waals surface area contributed by atoms with Crippen LogP contribution in [0.5, 0.6) is 5.75 Å². The van der Waals surface area contributed by atoms with Crippen LogP contribution < -0.4 is 9.04 Å². The molecule has 2 aromatic carbocycles. The summed E-state index contributed by atoms with van der Waals surface area (Å²) in [6, 6.07) is 7.43. The predicted molar refractivity (Wildman–Crippen MR) is 128 cm³/mol. The lowest BCUT2D eigenvalue weighted by atomic mass is 9.89. The number of fused-ring (bicyclic) bond motifs is 1. The molecule has 0 unspecified atom stereocenters. The van der Waals surface area contributed by atoms with Gasteiger partial charge in [0.2, 0.25) is 5.60 Å². The molecule has 38 heavy (non-hydrogen) atoms. The molecule has 3 rings (SSSR count). The highest BCUT2D eigenvalue weighted by Crippen LogP contribution is 2.38. The van der Waals surface area contributed by atoms with E-state index in [9.17, 15) is 35.6 Å². The predicted octanol–water partition coefficient (Wildman–Crippen LogP) is 4.49. The van der Waals surface area contributed by atoms with E-state index in [-0.39, 0.29) is 47.2 Å². The molecule has 208 valence electrons. The minimum absolute atomic E-state index is 0.0999. The first-order valence-electron chi connectivity index (χ1n) is 11.5. The highest BCUT2D eigenvalue weighted by atomic mass is 32.2. The monoisotopic (exact) mass is 561 g/mol. The molecule has 0 fully saturated rings. The summed E-state index contributed by atoms with van der Waals surface area (Å²) >= 11 is 0. The third-order valence-corrected chi connectivity index (χ3v) is 8.00. The molecule has 1 atom stereocenters. The van der Waals surface area contributed by atoms with E-state index in [2.05, 4.69) is 4.74 Å². The van der Waals surface area contributed by atoms with Gasteiger partial charge < -0.3 is 14.6 Å². The number of benzene rings is 2. The number of hydrogen-bond acceptors (Lipinski definition) is 6. The number of hydrogen-bond donors (Lipinski definition) is 1. The minimum atomic E-state index is -4.79. The van der Waals surface area contributed by atoms with Crippen molar-refractivity contribution in [1.82, 2.24) is 0 Å². The number of alkyl halides is 3. The highest BCUT2D eigenvalue weighted by Gasteiger charge is 2.50. The summed E-state index contributed by atoms with van der Waals surface area (Å²) in [5.41, 5.74) is -1.78. The number of carbonyl (C=O) groups is 2. The van der Waals surface area contributed by atoms with Crippen molar-refractivity contribution >= 4 is 27.6 Å². The number of carbonyl (C=O) groups excluding carboxylic acids is 1. The van der Waals surface area contributed by atoms with Gasteiger partial charge in [-0.3, -0.25) is 13.9 Å². The Labute approximate surface area is 217 Å². The molecule has 13 heteroatoms. The lowest BCUT2D eigenvalue weighted by Gasteiger charge is -2.35. The van der Waals surface area contributed by atoms with Gasteiger partial charge in [0.05, 0.1) is 24.1 Å². The van der Waals surface area contributed by atoms with Crippen LogP contribution in [0.3, 0.4) is 0 Å². The maximum absolute atomic E-state index is 13.9. The fourth-order valence-electron chi connectivity index (χ4n) is 4.05. The van der Waals surface area contributed by atoms with Crippen LogP contribution in [0.25, 0.3) is 0 Å². The van der Waals surface area contributed by atoms with Gasteiger partial charge in [-0.15, -0.1) is 0 Å². The summed E-state index contributed by atoms with van der Waals surface area (Å²) < 4.78 is 91.1. The first-order chi connectivity index (χ1) is 17.5. The van der Waals surface area contributed by atoms with E-state index >= 15 is 0 Å². The zero-order valence-electron chi connectivity index (χ0n) is 20.8. The minimum Gasteiger partial charge on any atom is -0.494 e. The number of esters is 1. The van der Waals surface area contributed by atoms with E-state index in [1.165, 1.54) is 19.2 Å². The number of rotatable bonds is 9. The molecule has 0 spiro atoms. The van der Waals surface area contributed by atoms with Gasteiger partial charge >= 0.3 is 18.1 Å². The molecule has 2 aromatic rings. The fraction of sp³-hybridized carbons (Fsp3) is 0.440. The van der Waals surface area contributed by atoms with E-state index in [1.54, 1.807) is 6.07 Å². The number of anilines is 1. The van der Waals surface area contributed by atoms with E-state index in [4.69, 9.17) is 9.84 Å². The topological polar surface area (TPSA) is 110 Å². The second-order valence-corrected chi connectivity index (χ2v) is 11.3. The molecular formula is C25H27F4NO7S. The second-order valence-electron chi connectivity index (χ2n) is 9.46. The number of aliphatic carboxylic acids is 1. The van der Waals surface area contributed by atoms with Crippen LogP contribution >= 0.6 is 0 Å². The molecule has 0 saturated heterocycles. The number of sulfonamides is 1. The molecule has 1 N–H and O–H groups in total. The molecule has 8 nitrogen and oxygen atoms in total. The van der Waals surface area contributed by atoms with Crippen molar-refractivity contribution in [2.45, 2.75) is 56.2 Å². The van der Waals surface area contributed by atoms with Crippen LogP contribution in [0.1, 0.15) is 37.8 Å². The highest BCUT2D eigenvalue weighted by molar-refractivity contribution is 7.92. The van der Waals surface area contributed by atoms with Gasteiger partial charge in [-0.2, -0.15) is 13.2 Å². The summed E-state index contributed by atoms with van der Waals surface area (Å²) in [6.45, 7) is 1.35. The fourth-order valence-corrected chi connectivity index (χ4v) is 5.64. The molecule has 0 amide bonds. The smallest absolute Gasteiger partial charge is 0.427 e. The van der Waals surface area contributed by atoms with Crippen LogP contribution in [0, 0.1) is 11.7 Å². The molecule has 0 aromatic heterocycles. The van der Waals surface area contributed by atoms with Crippen LogP contribution in [0.2, 0.25) is 0 Å². The van der Waals surface area contributed by atoms with Crippen molar-refractivity contribution in [2.24, 2.45) is 5.92 Å². The van der Waals surface area contributed by atoms with Gasteiger partial charge in [0.1, 0.15) is 0 Å². The Morgan fingerprint density at radius 2 is 1.82 bits per heavy atom. The van der Waals surface area contributed by atoms with Crippen LogP contribution in [0.4, 0.5) is 23.2 Å². The van der Waals surface area contributed by atoms with E-state index in [0.29, 0.717) is 12.0 Å². The number of nitrogens with zero attached hydrogens (tertiary/aromatic N) is 1. The Morgan fingerprint density at radius 3 is 2.42 bits per heavy atom. The molecule has 0 saturated carbocycles. The standard InChI is InChI=1S/C25H27F4NO7S/c1-24(2,25(27,28)29)37-23(33)12-15-4-6-17-10-16(5-9-22(31)32)14-30(20(17)11-15)38(34,35)18-7-8-19(26)21(13-18)36-3/h4,6-8,11,13,16H,5,9-10,12,14H2,1-3H3,(H,31,32)/t16-/m1/s1. The number of ether oxygens (including phenoxy) is 2. The van der Waals surface area contributed by atoms with Crippen molar-refractivity contribution in [2.75, 3.05) is 18.0 Å². The molecular weight excluding hydrogens is 534 g/mol. The molecule has 1 heterocycles. The molecule has 0 bridgehead atoms. The summed E-state index contributed by atoms with van der Waals surface area (Å²) in [7, 11) is -3.14. The number of carboxylic acid groups (broad SMARTS) is 1. The molecule has 1 aliphatic rings. The Balaban J connectivity index is 1.99. The summed E-state index contributed by atoms with van der Waals surface area (Å²) in [5.74, 6) is -3.62. The van der Waals surface area contributed by atoms with E-state index in [0.717, 1.165) is 36.4 Å². The van der Waals surface area contributed by atoms with Crippen LogP contribution in [-0.2, 0) is 37.2 Å². The first-order valence-corrected chi connectivity index (χ1v) is 13.0. The zero-order chi connectivity index (χ0) is 28.5. The van der Waals surface area contributed by atoms with Crippen LogP contribution in [-0.4, -0.2) is 50.9 Å². The number of carboxylic acids is 1. The third kappa shape index (κ3) is 6.37. The lowest BCUT2D eigenvalue weighted by Crippen LogP contribution is -2.43. The van der Waals surface area contributed by atoms with Crippen molar-refractivity contribution in [3.63, 3.8) is 0 Å². The first kappa shape index (κ1) is 29.2. The summed E-state index contributed by atoms with van der Waals surface area (Å²) in [6.07, 6.45) is -4.99. The number of methoxy groups -OCH3 is 1. The molecule has 1 aliphatic heterocycles. The Hall–Kier alpha value is -3.35. The van der Waals surface area contributed by atoms with Gasteiger partial charge in [-0.25, -0.2) is 12.8 Å². The summed E-state index contributed by atoms with van der Waals surface area (Å²) in [5, 5.41) is 9.08. The zero-order valence-corrected chi connectivity index (χ0v) is 21.7. The summed E-state index contributed by atoms with van der Waals surface area (Å²) in [4.78, 5) is 23.1. The van der Waals surface area contributed by atoms with Gasteiger partial charge in [0, 0.05) is 19.0 Å². The van der Waals surface area contributed by atoms with Gasteiger partial charge in [-0.05, 0) is 61.9 Å². The van der Waals surface area contributed by atoms with Gasteiger partial charge in [-0.1, -0.05) is 12.1 Å². The molecule has 0 aliphatic carbocycles. The van der Waals surface area contributed by atoms with Gasteiger partial charge in [0.25, 0.3) is 10.0 Å². The Bertz CT molecular complexity index is 1330. The maximum Gasteiger partial charge on any atom is 0.427 e. The largest absolute Gasteiger partial charge is 0.494 e. The van der Waals surface area contributed by atoms with Crippen molar-refractivity contribution in [1.29, 1.82) is 0 Å². The van der Waals surface area contributed by atoms with E-state index in [1.807, 2.05) is 0 Å². The SMILES string of the molecule is COc1cc(S(=O)(=O)N2C[C@H](CCC(=O)O)Cc3ccc(CC(=O)OC(C)(C)C(F)(F)F)cc32)ccc1F. The van der Waals surface area contributed by atoms with Crippen molar-refractivity contribution in [3.8, 4) is 5.75 Å². The third-order valence-electron chi connectivity index (χ3n) is 6.23. The average Bonchev–Trinajstić information content (AvgIpc) is 2.81. The Morgan fingerprint density at radius 1 is 1.13 bits per heavy atom. The van der Waals surface area contributed by atoms with E-state index < -0.39 is 46.0 Å². The van der Waals surface area contributed by atoms with Crippen molar-refractivity contribution < 1.29 is 50.1 Å².